The molecule has 0 saturated carbocycles. The number of aliphatic imine (C=N–C) groups is 1. The van der Waals surface area contributed by atoms with Crippen molar-refractivity contribution >= 4 is 39.8 Å². The zero-order valence-corrected chi connectivity index (χ0v) is 18.9. The molecule has 1 fully saturated rings. The smallest absolute Gasteiger partial charge is 0.194 e. The van der Waals surface area contributed by atoms with E-state index in [0.29, 0.717) is 12.5 Å². The van der Waals surface area contributed by atoms with Gasteiger partial charge in [0.25, 0.3) is 0 Å². The summed E-state index contributed by atoms with van der Waals surface area (Å²) in [5.41, 5.74) is 1.88. The molecular weight excluding hydrogens is 465 g/mol. The molecule has 1 saturated heterocycles. The zero-order valence-electron chi connectivity index (χ0n) is 15.8. The van der Waals surface area contributed by atoms with E-state index in [1.807, 2.05) is 24.3 Å². The van der Waals surface area contributed by atoms with Gasteiger partial charge in [-0.2, -0.15) is 0 Å². The van der Waals surface area contributed by atoms with Gasteiger partial charge in [0.1, 0.15) is 0 Å². The summed E-state index contributed by atoms with van der Waals surface area (Å²) in [6.07, 6.45) is 2.37. The number of guanidine groups is 1. The fraction of sp³-hybridized carbons (Fsp3) is 0.611. The molecule has 0 spiro atoms. The van der Waals surface area contributed by atoms with Gasteiger partial charge in [-0.3, -0.25) is 0 Å². The molecule has 0 aliphatic carbocycles. The maximum atomic E-state index is 11.3. The molecular formula is C18H30IN3O3S. The van der Waals surface area contributed by atoms with E-state index >= 15 is 0 Å². The van der Waals surface area contributed by atoms with Crippen LogP contribution in [0.15, 0.2) is 29.3 Å². The van der Waals surface area contributed by atoms with Crippen LogP contribution in [0.5, 0.6) is 0 Å². The van der Waals surface area contributed by atoms with Gasteiger partial charge in [-0.15, -0.1) is 24.0 Å². The highest BCUT2D eigenvalue weighted by atomic mass is 127. The van der Waals surface area contributed by atoms with Gasteiger partial charge in [-0.25, -0.2) is 13.4 Å². The highest BCUT2D eigenvalue weighted by Crippen LogP contribution is 2.17. The van der Waals surface area contributed by atoms with E-state index in [1.54, 1.807) is 7.11 Å². The number of likely N-dealkylation sites (tertiary alicyclic amines) is 1. The lowest BCUT2D eigenvalue weighted by Crippen LogP contribution is -2.40. The second-order valence-corrected chi connectivity index (χ2v) is 8.75. The van der Waals surface area contributed by atoms with Crippen molar-refractivity contribution in [3.8, 4) is 0 Å². The fourth-order valence-corrected chi connectivity index (χ4v) is 3.83. The van der Waals surface area contributed by atoms with E-state index in [2.05, 4.69) is 17.1 Å². The third kappa shape index (κ3) is 7.79. The van der Waals surface area contributed by atoms with Crippen molar-refractivity contribution in [1.29, 1.82) is 0 Å². The topological polar surface area (TPSA) is 71.0 Å². The lowest BCUT2D eigenvalue weighted by Gasteiger charge is -2.21. The van der Waals surface area contributed by atoms with Crippen molar-refractivity contribution in [2.75, 3.05) is 39.6 Å². The highest BCUT2D eigenvalue weighted by Gasteiger charge is 2.24. The predicted octanol–water partition coefficient (Wildman–Crippen LogP) is 2.28. The Morgan fingerprint density at radius 1 is 1.31 bits per heavy atom. The van der Waals surface area contributed by atoms with Crippen molar-refractivity contribution in [2.24, 2.45) is 10.9 Å². The number of nitrogens with zero attached hydrogens (tertiary/aromatic N) is 2. The number of sulfone groups is 1. The molecule has 148 valence electrons. The fourth-order valence-electron chi connectivity index (χ4n) is 3.03. The molecule has 1 N–H and O–H groups in total. The van der Waals surface area contributed by atoms with Crippen LogP contribution in [0.4, 0.5) is 0 Å². The number of nitrogens with one attached hydrogen (secondary N) is 1. The van der Waals surface area contributed by atoms with Crippen LogP contribution >= 0.6 is 24.0 Å². The molecule has 0 bridgehead atoms. The molecule has 1 heterocycles. The summed E-state index contributed by atoms with van der Waals surface area (Å²) in [5, 5.41) is 3.36. The van der Waals surface area contributed by atoms with E-state index in [-0.39, 0.29) is 29.7 Å². The second-order valence-electron chi connectivity index (χ2n) is 6.61. The molecule has 0 aromatic heterocycles. The average molecular weight is 495 g/mol. The van der Waals surface area contributed by atoms with Crippen LogP contribution in [0.1, 0.15) is 24.5 Å². The molecule has 8 heteroatoms. The first-order chi connectivity index (χ1) is 11.9. The van der Waals surface area contributed by atoms with Crippen LogP contribution < -0.4 is 5.32 Å². The van der Waals surface area contributed by atoms with Crippen molar-refractivity contribution in [3.05, 3.63) is 35.4 Å². The van der Waals surface area contributed by atoms with Gasteiger partial charge in [0, 0.05) is 38.9 Å². The minimum absolute atomic E-state index is 0. The molecule has 1 aromatic rings. The predicted molar refractivity (Wildman–Crippen MR) is 117 cm³/mol. The summed E-state index contributed by atoms with van der Waals surface area (Å²) in [6, 6.07) is 7.63. The molecule has 1 aromatic carbocycles. The number of hydrogen-bond acceptors (Lipinski definition) is 4. The standard InChI is InChI=1S/C18H29N3O3S.HI/c1-4-19-18(21-10-9-17(12-21)13-24-2)20-11-15-5-7-16(8-6-15)14-25(3,22)23;/h5-8,17H,4,9-14H2,1-3H3,(H,19,20);1H. The van der Waals surface area contributed by atoms with Crippen LogP contribution in [0, 0.1) is 5.92 Å². The first-order valence-corrected chi connectivity index (χ1v) is 10.7. The number of halogens is 1. The Morgan fingerprint density at radius 3 is 2.54 bits per heavy atom. The number of ether oxygens (including phenoxy) is 1. The molecule has 0 amide bonds. The molecule has 6 nitrogen and oxygen atoms in total. The quantitative estimate of drug-likeness (QED) is 0.357. The first kappa shape index (κ1) is 23.2. The third-order valence-corrected chi connectivity index (χ3v) is 5.04. The Labute approximate surface area is 174 Å². The summed E-state index contributed by atoms with van der Waals surface area (Å²) in [7, 11) is -1.25. The monoisotopic (exact) mass is 495 g/mol. The molecule has 1 aliphatic heterocycles. The molecule has 1 aliphatic rings. The van der Waals surface area contributed by atoms with E-state index in [0.717, 1.165) is 49.7 Å². The van der Waals surface area contributed by atoms with E-state index in [9.17, 15) is 8.42 Å². The van der Waals surface area contributed by atoms with Crippen molar-refractivity contribution in [2.45, 2.75) is 25.6 Å². The maximum absolute atomic E-state index is 11.3. The van der Waals surface area contributed by atoms with Gasteiger partial charge in [0.15, 0.2) is 15.8 Å². The lowest BCUT2D eigenvalue weighted by molar-refractivity contribution is 0.157. The van der Waals surface area contributed by atoms with Crippen LogP contribution in [-0.2, 0) is 26.9 Å². The largest absolute Gasteiger partial charge is 0.384 e. The summed E-state index contributed by atoms with van der Waals surface area (Å²) in [5.74, 6) is 1.57. The van der Waals surface area contributed by atoms with Crippen LogP contribution in [0.2, 0.25) is 0 Å². The van der Waals surface area contributed by atoms with Gasteiger partial charge < -0.3 is 15.0 Å². The number of rotatable bonds is 7. The van der Waals surface area contributed by atoms with E-state index in [1.165, 1.54) is 6.26 Å². The third-order valence-electron chi connectivity index (χ3n) is 4.19. The number of benzene rings is 1. The molecule has 0 radical (unpaired) electrons. The van der Waals surface area contributed by atoms with Crippen molar-refractivity contribution < 1.29 is 13.2 Å². The first-order valence-electron chi connectivity index (χ1n) is 8.69. The minimum atomic E-state index is -3.00. The molecule has 1 unspecified atom stereocenters. The van der Waals surface area contributed by atoms with Crippen molar-refractivity contribution in [1.82, 2.24) is 10.2 Å². The zero-order chi connectivity index (χ0) is 18.3. The average Bonchev–Trinajstić information content (AvgIpc) is 3.00. The lowest BCUT2D eigenvalue weighted by atomic mass is 10.1. The van der Waals surface area contributed by atoms with Gasteiger partial charge in [0.2, 0.25) is 0 Å². The van der Waals surface area contributed by atoms with E-state index in [4.69, 9.17) is 9.73 Å². The Morgan fingerprint density at radius 2 is 1.96 bits per heavy atom. The molecule has 1 atom stereocenters. The van der Waals surface area contributed by atoms with Crippen molar-refractivity contribution in [3.63, 3.8) is 0 Å². The number of hydrogen-bond donors (Lipinski definition) is 1. The summed E-state index contributed by atoms with van der Waals surface area (Å²) in [6.45, 7) is 6.22. The maximum Gasteiger partial charge on any atom is 0.194 e. The van der Waals surface area contributed by atoms with Gasteiger partial charge in [0.05, 0.1) is 18.9 Å². The Hall–Kier alpha value is -0.870. The number of methoxy groups -OCH3 is 1. The van der Waals surface area contributed by atoms with Crippen LogP contribution in [0.25, 0.3) is 0 Å². The summed E-state index contributed by atoms with van der Waals surface area (Å²) in [4.78, 5) is 7.02. The Kier molecular flexibility index (Phi) is 9.88. The van der Waals surface area contributed by atoms with Gasteiger partial charge in [-0.1, -0.05) is 24.3 Å². The Balaban J connectivity index is 0.00000338. The highest BCUT2D eigenvalue weighted by molar-refractivity contribution is 14.0. The summed E-state index contributed by atoms with van der Waals surface area (Å²) < 4.78 is 28.0. The Bertz CT molecular complexity index is 677. The van der Waals surface area contributed by atoms with Crippen LogP contribution in [0.3, 0.4) is 0 Å². The normalized spacial score (nSPS) is 17.9. The van der Waals surface area contributed by atoms with Gasteiger partial charge >= 0.3 is 0 Å². The SMILES string of the molecule is CCNC(=NCc1ccc(CS(C)(=O)=O)cc1)N1CCC(COC)C1.I. The molecule has 26 heavy (non-hydrogen) atoms. The van der Waals surface area contributed by atoms with Crippen LogP contribution in [-0.4, -0.2) is 58.9 Å². The minimum Gasteiger partial charge on any atom is -0.384 e. The van der Waals surface area contributed by atoms with Gasteiger partial charge in [-0.05, 0) is 24.5 Å². The molecule has 2 rings (SSSR count). The summed E-state index contributed by atoms with van der Waals surface area (Å²) >= 11 is 0. The van der Waals surface area contributed by atoms with E-state index < -0.39 is 9.84 Å². The second kappa shape index (κ2) is 11.1.